The maximum absolute atomic E-state index is 12.0. The normalized spacial score (nSPS) is 15.1. The fraction of sp³-hybridized carbons (Fsp3) is 0.571. The molecular weight excluding hydrogens is 509 g/mol. The number of imidazole rings is 1. The molecule has 1 aliphatic rings. The number of pyridine rings is 1. The number of aryl methyl sites for hydroxylation is 1. The highest BCUT2D eigenvalue weighted by atomic mass is 127. The van der Waals surface area contributed by atoms with Crippen LogP contribution in [0.25, 0.3) is 5.65 Å². The molecule has 31 heavy (non-hydrogen) atoms. The summed E-state index contributed by atoms with van der Waals surface area (Å²) in [7, 11) is 3.44. The van der Waals surface area contributed by atoms with Crippen LogP contribution in [0.3, 0.4) is 0 Å². The van der Waals surface area contributed by atoms with E-state index >= 15 is 0 Å². The highest BCUT2D eigenvalue weighted by molar-refractivity contribution is 14.0. The van der Waals surface area contributed by atoms with Crippen molar-refractivity contribution >= 4 is 41.5 Å². The molecule has 0 spiro atoms. The van der Waals surface area contributed by atoms with E-state index in [1.807, 2.05) is 19.3 Å². The van der Waals surface area contributed by atoms with E-state index in [0.717, 1.165) is 56.4 Å². The van der Waals surface area contributed by atoms with Gasteiger partial charge in [0.1, 0.15) is 5.65 Å². The van der Waals surface area contributed by atoms with Gasteiger partial charge in [0.05, 0.1) is 18.8 Å². The number of hydrogen-bond donors (Lipinski definition) is 2. The molecular formula is C21H34IN7O2. The summed E-state index contributed by atoms with van der Waals surface area (Å²) in [4.78, 5) is 25.5. The number of nitrogens with one attached hydrogen (secondary N) is 2. The molecule has 2 aromatic rings. The first-order valence-corrected chi connectivity index (χ1v) is 10.5. The van der Waals surface area contributed by atoms with Crippen LogP contribution in [-0.4, -0.2) is 97.6 Å². The van der Waals surface area contributed by atoms with Crippen LogP contribution >= 0.6 is 24.0 Å². The van der Waals surface area contributed by atoms with Crippen molar-refractivity contribution in [2.45, 2.75) is 13.3 Å². The van der Waals surface area contributed by atoms with E-state index in [9.17, 15) is 4.79 Å². The Bertz CT molecular complexity index is 863. The number of guanidine groups is 1. The lowest BCUT2D eigenvalue weighted by atomic mass is 10.3. The molecule has 172 valence electrons. The van der Waals surface area contributed by atoms with Crippen LogP contribution < -0.4 is 10.6 Å². The Morgan fingerprint density at radius 3 is 2.68 bits per heavy atom. The van der Waals surface area contributed by atoms with Gasteiger partial charge in [0.15, 0.2) is 5.96 Å². The van der Waals surface area contributed by atoms with Crippen LogP contribution in [0.4, 0.5) is 0 Å². The van der Waals surface area contributed by atoms with E-state index in [-0.39, 0.29) is 29.9 Å². The van der Waals surface area contributed by atoms with Crippen molar-refractivity contribution in [3.63, 3.8) is 0 Å². The predicted molar refractivity (Wildman–Crippen MR) is 133 cm³/mol. The van der Waals surface area contributed by atoms with E-state index in [1.165, 1.54) is 5.56 Å². The van der Waals surface area contributed by atoms with E-state index in [0.29, 0.717) is 19.7 Å². The maximum Gasteiger partial charge on any atom is 0.234 e. The van der Waals surface area contributed by atoms with Crippen molar-refractivity contribution in [1.29, 1.82) is 0 Å². The quantitative estimate of drug-likeness (QED) is 0.222. The lowest BCUT2D eigenvalue weighted by Crippen LogP contribution is -2.54. The molecule has 1 aliphatic heterocycles. The van der Waals surface area contributed by atoms with Crippen molar-refractivity contribution in [2.75, 3.05) is 66.6 Å². The van der Waals surface area contributed by atoms with Gasteiger partial charge < -0.3 is 24.7 Å². The fourth-order valence-corrected chi connectivity index (χ4v) is 3.63. The molecule has 0 saturated carbocycles. The molecule has 0 bridgehead atoms. The standard InChI is InChI=1S/C21H33N7O2.HI/c1-17-5-4-9-28-15-18(25-20(17)28)6-7-24-21(22-2)27-12-10-26(11-13-27)16-19(29)23-8-14-30-3;/h4-5,9,15H,6-8,10-14,16H2,1-3H3,(H,22,24)(H,23,29);1H. The van der Waals surface area contributed by atoms with Crippen LogP contribution in [0, 0.1) is 6.92 Å². The number of nitrogens with zero attached hydrogens (tertiary/aromatic N) is 5. The Morgan fingerprint density at radius 1 is 1.23 bits per heavy atom. The Balaban J connectivity index is 0.00000341. The molecule has 1 saturated heterocycles. The van der Waals surface area contributed by atoms with Gasteiger partial charge in [-0.25, -0.2) is 4.98 Å². The van der Waals surface area contributed by atoms with Gasteiger partial charge in [0.25, 0.3) is 0 Å². The zero-order valence-electron chi connectivity index (χ0n) is 18.6. The molecule has 0 radical (unpaired) electrons. The average Bonchev–Trinajstić information content (AvgIpc) is 3.17. The van der Waals surface area contributed by atoms with Gasteiger partial charge in [-0.3, -0.25) is 14.7 Å². The third kappa shape index (κ3) is 7.32. The van der Waals surface area contributed by atoms with Crippen molar-refractivity contribution in [3.05, 3.63) is 35.8 Å². The zero-order valence-corrected chi connectivity index (χ0v) is 21.0. The number of carbonyl (C=O) groups excluding carboxylic acids is 1. The number of hydrogen-bond acceptors (Lipinski definition) is 5. The van der Waals surface area contributed by atoms with E-state index in [1.54, 1.807) is 7.11 Å². The highest BCUT2D eigenvalue weighted by Crippen LogP contribution is 2.10. The lowest BCUT2D eigenvalue weighted by molar-refractivity contribution is -0.122. The van der Waals surface area contributed by atoms with Crippen molar-refractivity contribution in [3.8, 4) is 0 Å². The monoisotopic (exact) mass is 543 g/mol. The fourth-order valence-electron chi connectivity index (χ4n) is 3.63. The molecule has 0 aromatic carbocycles. The minimum absolute atomic E-state index is 0. The van der Waals surface area contributed by atoms with E-state index < -0.39 is 0 Å². The van der Waals surface area contributed by atoms with Gasteiger partial charge >= 0.3 is 0 Å². The number of methoxy groups -OCH3 is 1. The molecule has 2 N–H and O–H groups in total. The van der Waals surface area contributed by atoms with Gasteiger partial charge in [-0.15, -0.1) is 24.0 Å². The molecule has 1 amide bonds. The van der Waals surface area contributed by atoms with Gasteiger partial charge in [-0.1, -0.05) is 6.07 Å². The van der Waals surface area contributed by atoms with Gasteiger partial charge in [0, 0.05) is 72.2 Å². The number of halogens is 1. The van der Waals surface area contributed by atoms with Crippen LogP contribution in [0.15, 0.2) is 29.5 Å². The largest absolute Gasteiger partial charge is 0.383 e. The summed E-state index contributed by atoms with van der Waals surface area (Å²) in [5, 5.41) is 6.32. The molecule has 10 heteroatoms. The summed E-state index contributed by atoms with van der Waals surface area (Å²) in [5.41, 5.74) is 3.26. The number of fused-ring (bicyclic) bond motifs is 1. The minimum atomic E-state index is 0. The van der Waals surface area contributed by atoms with Crippen LogP contribution in [-0.2, 0) is 16.0 Å². The summed E-state index contributed by atoms with van der Waals surface area (Å²) in [6.45, 7) is 7.74. The summed E-state index contributed by atoms with van der Waals surface area (Å²) < 4.78 is 7.03. The number of aromatic nitrogens is 2. The number of ether oxygens (including phenoxy) is 1. The van der Waals surface area contributed by atoms with E-state index in [4.69, 9.17) is 9.72 Å². The Kier molecular flexibility index (Phi) is 10.5. The number of piperazine rings is 1. The Morgan fingerprint density at radius 2 is 2.00 bits per heavy atom. The zero-order chi connectivity index (χ0) is 21.3. The molecule has 0 unspecified atom stereocenters. The van der Waals surface area contributed by atoms with Crippen LogP contribution in [0.2, 0.25) is 0 Å². The first kappa shape index (κ1) is 25.3. The predicted octanol–water partition coefficient (Wildman–Crippen LogP) is 0.759. The summed E-state index contributed by atoms with van der Waals surface area (Å²) >= 11 is 0. The van der Waals surface area contributed by atoms with E-state index in [2.05, 4.69) is 49.0 Å². The summed E-state index contributed by atoms with van der Waals surface area (Å²) in [6.07, 6.45) is 4.95. The van der Waals surface area contributed by atoms with Gasteiger partial charge in [-0.05, 0) is 18.6 Å². The number of carbonyl (C=O) groups is 1. The molecule has 1 fully saturated rings. The number of aliphatic imine (C=N–C) groups is 1. The smallest absolute Gasteiger partial charge is 0.234 e. The molecule has 0 atom stereocenters. The Labute approximate surface area is 201 Å². The second-order valence-electron chi connectivity index (χ2n) is 7.48. The molecule has 3 rings (SSSR count). The number of amides is 1. The topological polar surface area (TPSA) is 86.5 Å². The average molecular weight is 543 g/mol. The first-order valence-electron chi connectivity index (χ1n) is 10.5. The number of rotatable bonds is 8. The second-order valence-corrected chi connectivity index (χ2v) is 7.48. The second kappa shape index (κ2) is 12.8. The van der Waals surface area contributed by atoms with Crippen molar-refractivity contribution < 1.29 is 9.53 Å². The molecule has 2 aromatic heterocycles. The van der Waals surface area contributed by atoms with Crippen molar-refractivity contribution in [2.24, 2.45) is 4.99 Å². The first-order chi connectivity index (χ1) is 14.6. The summed E-state index contributed by atoms with van der Waals surface area (Å²) in [6, 6.07) is 4.12. The molecule has 9 nitrogen and oxygen atoms in total. The van der Waals surface area contributed by atoms with Crippen molar-refractivity contribution in [1.82, 2.24) is 29.8 Å². The molecule has 0 aliphatic carbocycles. The minimum Gasteiger partial charge on any atom is -0.383 e. The SMILES string of the molecule is CN=C(NCCc1cn2cccc(C)c2n1)N1CCN(CC(=O)NCCOC)CC1.I. The van der Waals surface area contributed by atoms with Crippen LogP contribution in [0.5, 0.6) is 0 Å². The van der Waals surface area contributed by atoms with Gasteiger partial charge in [-0.2, -0.15) is 0 Å². The van der Waals surface area contributed by atoms with Crippen LogP contribution in [0.1, 0.15) is 11.3 Å². The third-order valence-corrected chi connectivity index (χ3v) is 5.27. The Hall–Kier alpha value is -1.92. The maximum atomic E-state index is 12.0. The lowest BCUT2D eigenvalue weighted by Gasteiger charge is -2.36. The highest BCUT2D eigenvalue weighted by Gasteiger charge is 2.21. The summed E-state index contributed by atoms with van der Waals surface area (Å²) in [5.74, 6) is 0.949. The van der Waals surface area contributed by atoms with Gasteiger partial charge in [0.2, 0.25) is 5.91 Å². The molecule has 3 heterocycles. The third-order valence-electron chi connectivity index (χ3n) is 5.27.